The number of hydrogen-bond donors (Lipinski definition) is 1. The van der Waals surface area contributed by atoms with Crippen LogP contribution in [0.25, 0.3) is 10.8 Å². The third-order valence-corrected chi connectivity index (χ3v) is 4.59. The van der Waals surface area contributed by atoms with Crippen LogP contribution in [0.3, 0.4) is 0 Å². The first-order valence-electron chi connectivity index (χ1n) is 7.48. The van der Waals surface area contributed by atoms with Crippen LogP contribution in [0.1, 0.15) is 37.3 Å². The minimum atomic E-state index is -2.47. The summed E-state index contributed by atoms with van der Waals surface area (Å²) in [5.74, 6) is -2.22. The Morgan fingerprint density at radius 3 is 2.71 bits per heavy atom. The molecule has 1 aromatic heterocycles. The molecule has 2 aromatic rings. The van der Waals surface area contributed by atoms with Gasteiger partial charge in [-0.25, -0.2) is 8.78 Å². The van der Waals surface area contributed by atoms with Crippen molar-refractivity contribution in [3.8, 4) is 0 Å². The van der Waals surface area contributed by atoms with Crippen molar-refractivity contribution in [2.75, 3.05) is 7.05 Å². The van der Waals surface area contributed by atoms with E-state index < -0.39 is 5.92 Å². The van der Waals surface area contributed by atoms with Gasteiger partial charge in [-0.3, -0.25) is 4.98 Å². The van der Waals surface area contributed by atoms with Gasteiger partial charge in [0, 0.05) is 36.7 Å². The van der Waals surface area contributed by atoms with Gasteiger partial charge in [0.2, 0.25) is 5.92 Å². The van der Waals surface area contributed by atoms with Gasteiger partial charge in [0.1, 0.15) is 0 Å². The topological polar surface area (TPSA) is 24.9 Å². The highest BCUT2D eigenvalue weighted by Crippen LogP contribution is 2.42. The van der Waals surface area contributed by atoms with Gasteiger partial charge in [0.05, 0.1) is 0 Å². The minimum absolute atomic E-state index is 0.00215. The summed E-state index contributed by atoms with van der Waals surface area (Å²) in [5, 5.41) is 5.59. The number of nitrogens with zero attached hydrogens (tertiary/aromatic N) is 1. The molecule has 4 heteroatoms. The number of hydrogen-bond acceptors (Lipinski definition) is 2. The van der Waals surface area contributed by atoms with Crippen LogP contribution < -0.4 is 5.32 Å². The van der Waals surface area contributed by atoms with E-state index in [0.717, 1.165) is 10.8 Å². The molecule has 21 heavy (non-hydrogen) atoms. The van der Waals surface area contributed by atoms with Crippen LogP contribution in [-0.2, 0) is 0 Å². The fraction of sp³-hybridized carbons (Fsp3) is 0.471. The van der Waals surface area contributed by atoms with Crippen molar-refractivity contribution < 1.29 is 8.78 Å². The molecule has 0 spiro atoms. The summed E-state index contributed by atoms with van der Waals surface area (Å²) in [5.41, 5.74) is 1.19. The molecule has 3 rings (SSSR count). The number of nitrogens with one attached hydrogen (secondary N) is 1. The molecule has 2 nitrogen and oxygen atoms in total. The Labute approximate surface area is 123 Å². The molecule has 1 aromatic carbocycles. The SMILES string of the molecule is CNC(c1cccc2cnccc12)C1CCC(F)(F)CC1. The predicted molar refractivity (Wildman–Crippen MR) is 80.4 cm³/mol. The maximum Gasteiger partial charge on any atom is 0.248 e. The van der Waals surface area contributed by atoms with E-state index in [9.17, 15) is 8.78 Å². The maximum absolute atomic E-state index is 13.4. The van der Waals surface area contributed by atoms with Gasteiger partial charge < -0.3 is 5.32 Å². The molecule has 1 aliphatic rings. The molecule has 1 aliphatic carbocycles. The molecule has 0 saturated heterocycles. The van der Waals surface area contributed by atoms with Gasteiger partial charge >= 0.3 is 0 Å². The lowest BCUT2D eigenvalue weighted by Gasteiger charge is -2.34. The quantitative estimate of drug-likeness (QED) is 0.910. The summed E-state index contributed by atoms with van der Waals surface area (Å²) in [7, 11) is 1.91. The van der Waals surface area contributed by atoms with E-state index in [1.54, 1.807) is 6.20 Å². The Bertz CT molecular complexity index is 612. The average Bonchev–Trinajstić information content (AvgIpc) is 2.50. The van der Waals surface area contributed by atoms with Crippen LogP contribution in [0, 0.1) is 5.92 Å². The molecule has 0 bridgehead atoms. The molecular weight excluding hydrogens is 270 g/mol. The summed E-state index contributed by atoms with van der Waals surface area (Å²) in [4.78, 5) is 4.15. The van der Waals surface area contributed by atoms with Gasteiger partial charge in [0.25, 0.3) is 0 Å². The molecule has 1 atom stereocenters. The minimum Gasteiger partial charge on any atom is -0.313 e. The fourth-order valence-corrected chi connectivity index (χ4v) is 3.46. The number of fused-ring (bicyclic) bond motifs is 1. The molecule has 1 heterocycles. The average molecular weight is 290 g/mol. The van der Waals surface area contributed by atoms with Gasteiger partial charge in [-0.15, -0.1) is 0 Å². The Balaban J connectivity index is 1.92. The predicted octanol–water partition coefficient (Wildman–Crippen LogP) is 4.32. The third kappa shape index (κ3) is 2.91. The van der Waals surface area contributed by atoms with E-state index in [-0.39, 0.29) is 24.8 Å². The van der Waals surface area contributed by atoms with Crippen molar-refractivity contribution in [3.05, 3.63) is 42.2 Å². The van der Waals surface area contributed by atoms with E-state index in [4.69, 9.17) is 0 Å². The van der Waals surface area contributed by atoms with Crippen molar-refractivity contribution >= 4 is 10.8 Å². The summed E-state index contributed by atoms with van der Waals surface area (Å²) in [6, 6.07) is 8.27. The number of aromatic nitrogens is 1. The van der Waals surface area contributed by atoms with Crippen molar-refractivity contribution in [1.82, 2.24) is 10.3 Å². The monoisotopic (exact) mass is 290 g/mol. The molecule has 0 radical (unpaired) electrons. The first kappa shape index (κ1) is 14.4. The van der Waals surface area contributed by atoms with Crippen LogP contribution in [0.2, 0.25) is 0 Å². The first-order valence-corrected chi connectivity index (χ1v) is 7.48. The molecule has 0 amide bonds. The largest absolute Gasteiger partial charge is 0.313 e. The Hall–Kier alpha value is -1.55. The molecule has 0 aliphatic heterocycles. The third-order valence-electron chi connectivity index (χ3n) is 4.59. The Morgan fingerprint density at radius 2 is 2.00 bits per heavy atom. The fourth-order valence-electron chi connectivity index (χ4n) is 3.46. The van der Waals surface area contributed by atoms with Crippen molar-refractivity contribution in [2.24, 2.45) is 5.92 Å². The van der Waals surface area contributed by atoms with E-state index in [1.165, 1.54) is 5.56 Å². The molecule has 112 valence electrons. The summed E-state index contributed by atoms with van der Waals surface area (Å²) < 4.78 is 26.7. The highest BCUT2D eigenvalue weighted by atomic mass is 19.3. The number of benzene rings is 1. The second-order valence-corrected chi connectivity index (χ2v) is 5.90. The summed E-state index contributed by atoms with van der Waals surface area (Å²) in [6.45, 7) is 0. The normalized spacial score (nSPS) is 20.5. The van der Waals surface area contributed by atoms with E-state index in [2.05, 4.69) is 16.4 Å². The van der Waals surface area contributed by atoms with Gasteiger partial charge in [-0.05, 0) is 42.8 Å². The number of rotatable bonds is 3. The number of pyridine rings is 1. The highest BCUT2D eigenvalue weighted by Gasteiger charge is 2.37. The lowest BCUT2D eigenvalue weighted by molar-refractivity contribution is -0.0494. The molecule has 1 N–H and O–H groups in total. The molecule has 1 unspecified atom stereocenters. The Morgan fingerprint density at radius 1 is 1.24 bits per heavy atom. The van der Waals surface area contributed by atoms with Crippen molar-refractivity contribution in [3.63, 3.8) is 0 Å². The van der Waals surface area contributed by atoms with Crippen LogP contribution in [-0.4, -0.2) is 18.0 Å². The van der Waals surface area contributed by atoms with Crippen LogP contribution in [0.4, 0.5) is 8.78 Å². The Kier molecular flexibility index (Phi) is 3.89. The molecular formula is C17H20F2N2. The standard InChI is InChI=1S/C17H20F2N2/c1-20-16(12-5-8-17(18,19)9-6-12)15-4-2-3-13-11-21-10-7-14(13)15/h2-4,7,10-12,16,20H,5-6,8-9H2,1H3. The maximum atomic E-state index is 13.4. The lowest BCUT2D eigenvalue weighted by atomic mass is 9.79. The van der Waals surface area contributed by atoms with Gasteiger partial charge in [0.15, 0.2) is 0 Å². The smallest absolute Gasteiger partial charge is 0.248 e. The molecule has 1 fully saturated rings. The van der Waals surface area contributed by atoms with Crippen LogP contribution >= 0.6 is 0 Å². The van der Waals surface area contributed by atoms with E-state index in [1.807, 2.05) is 31.4 Å². The van der Waals surface area contributed by atoms with Crippen LogP contribution in [0.15, 0.2) is 36.7 Å². The van der Waals surface area contributed by atoms with Crippen molar-refractivity contribution in [1.29, 1.82) is 0 Å². The van der Waals surface area contributed by atoms with Crippen LogP contribution in [0.5, 0.6) is 0 Å². The first-order chi connectivity index (χ1) is 10.1. The second-order valence-electron chi connectivity index (χ2n) is 5.90. The zero-order valence-corrected chi connectivity index (χ0v) is 12.2. The van der Waals surface area contributed by atoms with Gasteiger partial charge in [-0.1, -0.05) is 18.2 Å². The lowest BCUT2D eigenvalue weighted by Crippen LogP contribution is -2.32. The number of halogens is 2. The van der Waals surface area contributed by atoms with Gasteiger partial charge in [-0.2, -0.15) is 0 Å². The van der Waals surface area contributed by atoms with Crippen molar-refractivity contribution in [2.45, 2.75) is 37.6 Å². The summed E-state index contributed by atoms with van der Waals surface area (Å²) >= 11 is 0. The van der Waals surface area contributed by atoms with E-state index >= 15 is 0 Å². The zero-order valence-electron chi connectivity index (χ0n) is 12.2. The summed E-state index contributed by atoms with van der Waals surface area (Å²) in [6.07, 6.45) is 4.78. The molecule has 1 saturated carbocycles. The zero-order chi connectivity index (χ0) is 14.9. The number of alkyl halides is 2. The van der Waals surface area contributed by atoms with E-state index in [0.29, 0.717) is 12.8 Å². The highest BCUT2D eigenvalue weighted by molar-refractivity contribution is 5.85. The second kappa shape index (κ2) is 5.68.